The number of ether oxygens (including phenoxy) is 1. The summed E-state index contributed by atoms with van der Waals surface area (Å²) in [5.74, 6) is -2.05. The molecule has 1 N–H and O–H groups in total. The lowest BCUT2D eigenvalue weighted by atomic mass is 10.1. The first-order valence-corrected chi connectivity index (χ1v) is 8.49. The van der Waals surface area contributed by atoms with Crippen LogP contribution in [-0.4, -0.2) is 48.9 Å². The van der Waals surface area contributed by atoms with E-state index in [2.05, 4.69) is 5.32 Å². The number of furan rings is 1. The Bertz CT molecular complexity index is 859. The number of likely N-dealkylation sites (N-methyl/N-ethyl adjacent to an activating group) is 1. The van der Waals surface area contributed by atoms with Gasteiger partial charge in [0.15, 0.2) is 6.61 Å². The molecule has 1 aliphatic rings. The van der Waals surface area contributed by atoms with Crippen molar-refractivity contribution < 1.29 is 27.9 Å². The van der Waals surface area contributed by atoms with E-state index >= 15 is 0 Å². The minimum absolute atomic E-state index is 0.106. The van der Waals surface area contributed by atoms with E-state index in [0.29, 0.717) is 0 Å². The van der Waals surface area contributed by atoms with Crippen LogP contribution in [0, 0.1) is 5.82 Å². The summed E-state index contributed by atoms with van der Waals surface area (Å²) in [5.41, 5.74) is 0.217. The largest absolute Gasteiger partial charge is 0.450 e. The molecule has 0 spiro atoms. The van der Waals surface area contributed by atoms with E-state index in [-0.39, 0.29) is 35.6 Å². The molecule has 1 aromatic heterocycles. The van der Waals surface area contributed by atoms with E-state index < -0.39 is 24.3 Å². The van der Waals surface area contributed by atoms with Crippen molar-refractivity contribution in [2.24, 2.45) is 0 Å². The average molecular weight is 374 g/mol. The molecule has 3 rings (SSSR count). The van der Waals surface area contributed by atoms with Crippen LogP contribution >= 0.6 is 0 Å². The topological polar surface area (TPSA) is 88.9 Å². The van der Waals surface area contributed by atoms with E-state index in [0.717, 1.165) is 12.8 Å². The smallest absolute Gasteiger partial charge is 0.374 e. The van der Waals surface area contributed by atoms with E-state index in [4.69, 9.17) is 9.15 Å². The summed E-state index contributed by atoms with van der Waals surface area (Å²) < 4.78 is 24.0. The Morgan fingerprint density at radius 2 is 1.96 bits per heavy atom. The number of carbonyl (C=O) groups is 3. The highest BCUT2D eigenvalue weighted by Gasteiger charge is 2.24. The molecular formula is C19H19FN2O5. The van der Waals surface area contributed by atoms with E-state index in [9.17, 15) is 18.8 Å². The van der Waals surface area contributed by atoms with Gasteiger partial charge in [0, 0.05) is 13.1 Å². The highest BCUT2D eigenvalue weighted by atomic mass is 19.1. The second kappa shape index (κ2) is 8.03. The Morgan fingerprint density at radius 1 is 1.22 bits per heavy atom. The quantitative estimate of drug-likeness (QED) is 0.749. The molecule has 0 saturated heterocycles. The molecule has 0 aliphatic heterocycles. The lowest BCUT2D eigenvalue weighted by Crippen LogP contribution is -2.40. The number of amides is 2. The fourth-order valence-corrected chi connectivity index (χ4v) is 2.37. The van der Waals surface area contributed by atoms with Crippen LogP contribution in [0.2, 0.25) is 0 Å². The predicted molar refractivity (Wildman–Crippen MR) is 93.2 cm³/mol. The summed E-state index contributed by atoms with van der Waals surface area (Å²) in [6.07, 6.45) is 1.91. The van der Waals surface area contributed by atoms with Gasteiger partial charge in [0.2, 0.25) is 11.7 Å². The van der Waals surface area contributed by atoms with Crippen LogP contribution in [0.4, 0.5) is 4.39 Å². The van der Waals surface area contributed by atoms with Gasteiger partial charge in [-0.15, -0.1) is 0 Å². The first-order chi connectivity index (χ1) is 12.9. The van der Waals surface area contributed by atoms with Crippen molar-refractivity contribution in [3.05, 3.63) is 48.0 Å². The summed E-state index contributed by atoms with van der Waals surface area (Å²) >= 11 is 0. The second-order valence-corrected chi connectivity index (χ2v) is 6.31. The fraction of sp³-hybridized carbons (Fsp3) is 0.316. The van der Waals surface area contributed by atoms with Crippen molar-refractivity contribution in [3.8, 4) is 11.3 Å². The van der Waals surface area contributed by atoms with E-state index in [1.807, 2.05) is 0 Å². The van der Waals surface area contributed by atoms with Gasteiger partial charge in [0.25, 0.3) is 5.91 Å². The lowest BCUT2D eigenvalue weighted by molar-refractivity contribution is -0.137. The zero-order valence-corrected chi connectivity index (χ0v) is 14.7. The first kappa shape index (κ1) is 18.6. The molecule has 0 radical (unpaired) electrons. The van der Waals surface area contributed by atoms with Crippen molar-refractivity contribution in [2.75, 3.05) is 20.2 Å². The molecule has 2 amide bonds. The number of hydrogen-bond donors (Lipinski definition) is 1. The molecular weight excluding hydrogens is 355 g/mol. The summed E-state index contributed by atoms with van der Waals surface area (Å²) in [7, 11) is 1.45. The Hall–Kier alpha value is -3.16. The standard InChI is InChI=1S/C19H19FN2O5/c1-22(10-17(23)21-12-6-7-12)18(24)11-26-19(25)16-9-8-15(27-16)13-4-2-3-5-14(13)20/h2-5,8-9,12H,6-7,10-11H2,1H3,(H,21,23). The van der Waals surface area contributed by atoms with Crippen LogP contribution in [0.25, 0.3) is 11.3 Å². The molecule has 1 saturated carbocycles. The minimum atomic E-state index is -0.846. The van der Waals surface area contributed by atoms with Crippen molar-refractivity contribution in [1.29, 1.82) is 0 Å². The molecule has 8 heteroatoms. The lowest BCUT2D eigenvalue weighted by Gasteiger charge is -2.16. The average Bonchev–Trinajstić information content (AvgIpc) is 3.31. The Balaban J connectivity index is 1.51. The van der Waals surface area contributed by atoms with Gasteiger partial charge in [0.05, 0.1) is 12.1 Å². The zero-order valence-electron chi connectivity index (χ0n) is 14.7. The number of benzene rings is 1. The molecule has 0 unspecified atom stereocenters. The second-order valence-electron chi connectivity index (χ2n) is 6.31. The molecule has 1 heterocycles. The number of esters is 1. The first-order valence-electron chi connectivity index (χ1n) is 8.49. The number of hydrogen-bond acceptors (Lipinski definition) is 5. The van der Waals surface area contributed by atoms with Gasteiger partial charge in [-0.05, 0) is 37.1 Å². The van der Waals surface area contributed by atoms with Gasteiger partial charge in [-0.2, -0.15) is 0 Å². The minimum Gasteiger partial charge on any atom is -0.450 e. The molecule has 142 valence electrons. The monoisotopic (exact) mass is 374 g/mol. The zero-order chi connectivity index (χ0) is 19.4. The third kappa shape index (κ3) is 4.93. The summed E-state index contributed by atoms with van der Waals surface area (Å²) in [4.78, 5) is 36.8. The van der Waals surface area contributed by atoms with E-state index in [1.54, 1.807) is 12.1 Å². The molecule has 27 heavy (non-hydrogen) atoms. The van der Waals surface area contributed by atoms with Crippen LogP contribution in [0.5, 0.6) is 0 Å². The molecule has 0 atom stereocenters. The maximum atomic E-state index is 13.8. The maximum absolute atomic E-state index is 13.8. The molecule has 2 aromatic rings. The third-order valence-corrected chi connectivity index (χ3v) is 4.02. The third-order valence-electron chi connectivity index (χ3n) is 4.02. The summed E-state index contributed by atoms with van der Waals surface area (Å²) in [6, 6.07) is 9.00. The van der Waals surface area contributed by atoms with Crippen LogP contribution in [0.3, 0.4) is 0 Å². The van der Waals surface area contributed by atoms with Crippen molar-refractivity contribution in [3.63, 3.8) is 0 Å². The summed E-state index contributed by atoms with van der Waals surface area (Å²) in [5, 5.41) is 2.77. The van der Waals surface area contributed by atoms with E-state index in [1.165, 1.54) is 36.2 Å². The van der Waals surface area contributed by atoms with Crippen LogP contribution in [-0.2, 0) is 14.3 Å². The number of nitrogens with zero attached hydrogens (tertiary/aromatic N) is 1. The van der Waals surface area contributed by atoms with Gasteiger partial charge in [-0.3, -0.25) is 9.59 Å². The van der Waals surface area contributed by atoms with Crippen LogP contribution < -0.4 is 5.32 Å². The molecule has 0 bridgehead atoms. The molecule has 1 aromatic carbocycles. The number of carbonyl (C=O) groups excluding carboxylic acids is 3. The highest BCUT2D eigenvalue weighted by molar-refractivity contribution is 5.90. The van der Waals surface area contributed by atoms with Gasteiger partial charge < -0.3 is 19.4 Å². The molecule has 1 fully saturated rings. The highest BCUT2D eigenvalue weighted by Crippen LogP contribution is 2.25. The Morgan fingerprint density at radius 3 is 2.67 bits per heavy atom. The number of rotatable bonds is 7. The Labute approximate surface area is 155 Å². The van der Waals surface area contributed by atoms with Gasteiger partial charge >= 0.3 is 5.97 Å². The van der Waals surface area contributed by atoms with Crippen molar-refractivity contribution >= 4 is 17.8 Å². The van der Waals surface area contributed by atoms with Crippen molar-refractivity contribution in [1.82, 2.24) is 10.2 Å². The molecule has 7 nitrogen and oxygen atoms in total. The fourth-order valence-electron chi connectivity index (χ4n) is 2.37. The van der Waals surface area contributed by atoms with Gasteiger partial charge in [-0.1, -0.05) is 12.1 Å². The van der Waals surface area contributed by atoms with Gasteiger partial charge in [0.1, 0.15) is 11.6 Å². The predicted octanol–water partition coefficient (Wildman–Crippen LogP) is 1.98. The summed E-state index contributed by atoms with van der Waals surface area (Å²) in [6.45, 7) is -0.632. The number of halogens is 1. The molecule has 1 aliphatic carbocycles. The normalized spacial score (nSPS) is 13.1. The Kier molecular flexibility index (Phi) is 5.54. The van der Waals surface area contributed by atoms with Crippen molar-refractivity contribution in [2.45, 2.75) is 18.9 Å². The maximum Gasteiger partial charge on any atom is 0.374 e. The number of nitrogens with one attached hydrogen (secondary N) is 1. The van der Waals surface area contributed by atoms with Gasteiger partial charge in [-0.25, -0.2) is 9.18 Å². The SMILES string of the molecule is CN(CC(=O)NC1CC1)C(=O)COC(=O)c1ccc(-c2ccccc2F)o1. The van der Waals surface area contributed by atoms with Crippen LogP contribution in [0.1, 0.15) is 23.4 Å². The van der Waals surface area contributed by atoms with Crippen LogP contribution in [0.15, 0.2) is 40.8 Å².